The predicted octanol–water partition coefficient (Wildman–Crippen LogP) is 1.46. The summed E-state index contributed by atoms with van der Waals surface area (Å²) >= 11 is 0. The van der Waals surface area contributed by atoms with Gasteiger partial charge in [0.05, 0.1) is 11.5 Å². The molecule has 7 heteroatoms. The molecule has 1 atom stereocenters. The zero-order chi connectivity index (χ0) is 16.6. The number of sulfone groups is 1. The lowest BCUT2D eigenvalue weighted by Gasteiger charge is -2.26. The molecule has 0 aromatic carbocycles. The van der Waals surface area contributed by atoms with Gasteiger partial charge in [-0.1, -0.05) is 6.08 Å². The van der Waals surface area contributed by atoms with Crippen LogP contribution in [0.15, 0.2) is 37.2 Å². The van der Waals surface area contributed by atoms with E-state index in [9.17, 15) is 13.2 Å². The van der Waals surface area contributed by atoms with Crippen LogP contribution in [-0.4, -0.2) is 52.7 Å². The number of carbonyl (C=O) groups excluding carboxylic acids is 1. The predicted molar refractivity (Wildman–Crippen MR) is 88.2 cm³/mol. The summed E-state index contributed by atoms with van der Waals surface area (Å²) in [5.74, 6) is -0.115. The molecule has 0 bridgehead atoms. The minimum atomic E-state index is -3.06. The third-order valence-electron chi connectivity index (χ3n) is 4.07. The highest BCUT2D eigenvalue weighted by atomic mass is 32.2. The number of aromatic nitrogens is 2. The molecule has 3 rings (SSSR count). The van der Waals surface area contributed by atoms with Crippen molar-refractivity contribution in [3.05, 3.63) is 48.4 Å². The largest absolute Gasteiger partial charge is 0.330 e. The average Bonchev–Trinajstić information content (AvgIpc) is 3.06. The molecule has 0 aliphatic carbocycles. The summed E-state index contributed by atoms with van der Waals surface area (Å²) in [6.45, 7) is 5.94. The number of carbonyl (C=O) groups is 1. The fourth-order valence-corrected chi connectivity index (χ4v) is 4.62. The van der Waals surface area contributed by atoms with E-state index < -0.39 is 9.84 Å². The topological polar surface area (TPSA) is 71.8 Å². The van der Waals surface area contributed by atoms with Crippen LogP contribution in [0.4, 0.5) is 0 Å². The lowest BCUT2D eigenvalue weighted by atomic mass is 10.2. The standard InChI is InChI=1S/C16H19N3O3S/c1-3-6-19(13-5-8-23(21,22)11-13)16(20)14-10-18-7-4-12(2)9-15(18)17-14/h3-4,7,9-10,13H,1,5-6,8,11H2,2H3/t13-/m1/s1. The number of hydrogen-bond donors (Lipinski definition) is 0. The van der Waals surface area contributed by atoms with Gasteiger partial charge in [0.25, 0.3) is 5.91 Å². The molecule has 1 fully saturated rings. The number of nitrogens with zero attached hydrogens (tertiary/aromatic N) is 3. The van der Waals surface area contributed by atoms with E-state index in [0.717, 1.165) is 5.56 Å². The highest BCUT2D eigenvalue weighted by molar-refractivity contribution is 7.91. The summed E-state index contributed by atoms with van der Waals surface area (Å²) in [4.78, 5) is 18.7. The Labute approximate surface area is 135 Å². The van der Waals surface area contributed by atoms with Gasteiger partial charge in [-0.05, 0) is 31.0 Å². The van der Waals surface area contributed by atoms with Crippen molar-refractivity contribution in [3.8, 4) is 0 Å². The van der Waals surface area contributed by atoms with Crippen LogP contribution in [0.2, 0.25) is 0 Å². The Kier molecular flexibility index (Phi) is 3.97. The molecule has 2 aromatic heterocycles. The molecule has 2 aromatic rings. The van der Waals surface area contributed by atoms with Crippen LogP contribution in [0.5, 0.6) is 0 Å². The summed E-state index contributed by atoms with van der Waals surface area (Å²) in [5.41, 5.74) is 2.08. The summed E-state index contributed by atoms with van der Waals surface area (Å²) < 4.78 is 25.2. The third-order valence-corrected chi connectivity index (χ3v) is 5.82. The van der Waals surface area contributed by atoms with Crippen molar-refractivity contribution in [3.63, 3.8) is 0 Å². The van der Waals surface area contributed by atoms with E-state index in [1.807, 2.05) is 25.3 Å². The average molecular weight is 333 g/mol. The maximum absolute atomic E-state index is 12.8. The zero-order valence-electron chi connectivity index (χ0n) is 13.0. The van der Waals surface area contributed by atoms with Gasteiger partial charge < -0.3 is 9.30 Å². The van der Waals surface area contributed by atoms with Gasteiger partial charge in [-0.15, -0.1) is 6.58 Å². The molecule has 0 N–H and O–H groups in total. The summed E-state index contributed by atoms with van der Waals surface area (Å²) in [7, 11) is -3.06. The first-order chi connectivity index (χ1) is 10.9. The number of aryl methyl sites for hydroxylation is 1. The van der Waals surface area contributed by atoms with E-state index in [-0.39, 0.29) is 23.5 Å². The molecule has 6 nitrogen and oxygen atoms in total. The number of hydrogen-bond acceptors (Lipinski definition) is 4. The third kappa shape index (κ3) is 3.14. The Morgan fingerprint density at radius 3 is 3.00 bits per heavy atom. The fraction of sp³-hybridized carbons (Fsp3) is 0.375. The molecular formula is C16H19N3O3S. The van der Waals surface area contributed by atoms with Gasteiger partial charge in [-0.3, -0.25) is 4.79 Å². The first-order valence-electron chi connectivity index (χ1n) is 7.47. The summed E-state index contributed by atoms with van der Waals surface area (Å²) in [5, 5.41) is 0. The number of imidazole rings is 1. The van der Waals surface area contributed by atoms with Gasteiger partial charge in [0, 0.05) is 25.0 Å². The Hall–Kier alpha value is -2.15. The van der Waals surface area contributed by atoms with Gasteiger partial charge in [0.1, 0.15) is 11.3 Å². The minimum Gasteiger partial charge on any atom is -0.330 e. The molecule has 0 spiro atoms. The van der Waals surface area contributed by atoms with Crippen molar-refractivity contribution in [1.82, 2.24) is 14.3 Å². The Bertz CT molecular complexity index is 870. The highest BCUT2D eigenvalue weighted by Crippen LogP contribution is 2.20. The van der Waals surface area contributed by atoms with Crippen LogP contribution in [0, 0.1) is 6.92 Å². The van der Waals surface area contributed by atoms with Crippen LogP contribution in [-0.2, 0) is 9.84 Å². The Morgan fingerprint density at radius 2 is 2.35 bits per heavy atom. The molecule has 0 radical (unpaired) electrons. The van der Waals surface area contributed by atoms with Crippen LogP contribution in [0.25, 0.3) is 5.65 Å². The van der Waals surface area contributed by atoms with E-state index in [4.69, 9.17) is 0 Å². The molecular weight excluding hydrogens is 314 g/mol. The van der Waals surface area contributed by atoms with E-state index >= 15 is 0 Å². The van der Waals surface area contributed by atoms with Crippen LogP contribution >= 0.6 is 0 Å². The molecule has 0 unspecified atom stereocenters. The molecule has 1 aliphatic rings. The van der Waals surface area contributed by atoms with E-state index in [0.29, 0.717) is 24.3 Å². The van der Waals surface area contributed by atoms with Crippen molar-refractivity contribution >= 4 is 21.4 Å². The summed E-state index contributed by atoms with van der Waals surface area (Å²) in [6.07, 6.45) is 5.61. The van der Waals surface area contributed by atoms with Gasteiger partial charge >= 0.3 is 0 Å². The van der Waals surface area contributed by atoms with Gasteiger partial charge in [-0.2, -0.15) is 0 Å². The Balaban J connectivity index is 1.92. The molecule has 122 valence electrons. The maximum Gasteiger partial charge on any atom is 0.274 e. The summed E-state index contributed by atoms with van der Waals surface area (Å²) in [6, 6.07) is 3.53. The second-order valence-electron chi connectivity index (χ2n) is 5.90. The first-order valence-corrected chi connectivity index (χ1v) is 9.29. The second kappa shape index (κ2) is 5.81. The second-order valence-corrected chi connectivity index (χ2v) is 8.13. The normalized spacial score (nSPS) is 19.8. The first kappa shape index (κ1) is 15.7. The van der Waals surface area contributed by atoms with Gasteiger partial charge in [0.15, 0.2) is 9.84 Å². The van der Waals surface area contributed by atoms with Crippen molar-refractivity contribution < 1.29 is 13.2 Å². The quantitative estimate of drug-likeness (QED) is 0.794. The Morgan fingerprint density at radius 1 is 1.57 bits per heavy atom. The minimum absolute atomic E-state index is 0.0130. The molecule has 1 aliphatic heterocycles. The number of amides is 1. The molecule has 1 saturated heterocycles. The van der Waals surface area contributed by atoms with Gasteiger partial charge in [0.2, 0.25) is 0 Å². The number of rotatable bonds is 4. The van der Waals surface area contributed by atoms with Crippen molar-refractivity contribution in [2.75, 3.05) is 18.1 Å². The maximum atomic E-state index is 12.8. The van der Waals surface area contributed by atoms with Gasteiger partial charge in [-0.25, -0.2) is 13.4 Å². The van der Waals surface area contributed by atoms with E-state index in [2.05, 4.69) is 11.6 Å². The lowest BCUT2D eigenvalue weighted by molar-refractivity contribution is 0.0715. The molecule has 3 heterocycles. The SMILES string of the molecule is C=CCN(C(=O)c1cn2ccc(C)cc2n1)[C@@H]1CCS(=O)(=O)C1. The molecule has 1 amide bonds. The van der Waals surface area contributed by atoms with E-state index in [1.54, 1.807) is 21.6 Å². The monoisotopic (exact) mass is 333 g/mol. The number of pyridine rings is 1. The zero-order valence-corrected chi connectivity index (χ0v) is 13.8. The highest BCUT2D eigenvalue weighted by Gasteiger charge is 2.35. The van der Waals surface area contributed by atoms with Crippen LogP contribution < -0.4 is 0 Å². The van der Waals surface area contributed by atoms with E-state index in [1.165, 1.54) is 0 Å². The van der Waals surface area contributed by atoms with Crippen molar-refractivity contribution in [2.45, 2.75) is 19.4 Å². The lowest BCUT2D eigenvalue weighted by Crippen LogP contribution is -2.41. The molecule has 23 heavy (non-hydrogen) atoms. The van der Waals surface area contributed by atoms with Crippen molar-refractivity contribution in [1.29, 1.82) is 0 Å². The molecule has 0 saturated carbocycles. The fourth-order valence-electron chi connectivity index (χ4n) is 2.89. The van der Waals surface area contributed by atoms with Crippen molar-refractivity contribution in [2.24, 2.45) is 0 Å². The van der Waals surface area contributed by atoms with Crippen LogP contribution in [0.3, 0.4) is 0 Å². The van der Waals surface area contributed by atoms with Crippen LogP contribution in [0.1, 0.15) is 22.5 Å². The number of fused-ring (bicyclic) bond motifs is 1. The smallest absolute Gasteiger partial charge is 0.274 e.